The van der Waals surface area contributed by atoms with Crippen molar-refractivity contribution in [1.82, 2.24) is 14.7 Å². The first kappa shape index (κ1) is 22.2. The summed E-state index contributed by atoms with van der Waals surface area (Å²) >= 11 is 0. The summed E-state index contributed by atoms with van der Waals surface area (Å²) in [5, 5.41) is 2.70. The number of anilines is 1. The lowest BCUT2D eigenvalue weighted by molar-refractivity contribution is 0.102. The van der Waals surface area contributed by atoms with Gasteiger partial charge in [-0.3, -0.25) is 9.78 Å². The van der Waals surface area contributed by atoms with Gasteiger partial charge in [-0.2, -0.15) is 0 Å². The zero-order chi connectivity index (χ0) is 23.1. The smallest absolute Gasteiger partial charge is 0.256 e. The van der Waals surface area contributed by atoms with E-state index in [0.29, 0.717) is 11.5 Å². The van der Waals surface area contributed by atoms with Crippen LogP contribution in [-0.4, -0.2) is 24.3 Å². The van der Waals surface area contributed by atoms with Gasteiger partial charge in [0.25, 0.3) is 5.91 Å². The number of furan rings is 1. The van der Waals surface area contributed by atoms with Crippen molar-refractivity contribution in [3.05, 3.63) is 102 Å². The molecule has 4 rings (SSSR count). The van der Waals surface area contributed by atoms with E-state index in [4.69, 9.17) is 9.15 Å². The molecule has 0 radical (unpaired) electrons. The molecule has 0 aliphatic carbocycles. The maximum Gasteiger partial charge on any atom is 0.256 e. The molecule has 1 amide bonds. The van der Waals surface area contributed by atoms with Crippen LogP contribution < -0.4 is 14.8 Å². The fourth-order valence-corrected chi connectivity index (χ4v) is 3.86. The zero-order valence-corrected chi connectivity index (χ0v) is 18.2. The Kier molecular flexibility index (Phi) is 6.77. The topological polar surface area (TPSA) is 123 Å². The molecular weight excluding hydrogens is 444 g/mol. The van der Waals surface area contributed by atoms with Gasteiger partial charge in [-0.15, -0.1) is 0 Å². The highest BCUT2D eigenvalue weighted by Crippen LogP contribution is 2.23. The maximum atomic E-state index is 12.7. The highest BCUT2D eigenvalue weighted by Gasteiger charge is 2.16. The number of aromatic nitrogens is 2. The molecule has 0 fully saturated rings. The van der Waals surface area contributed by atoms with E-state index in [1.165, 1.54) is 36.7 Å². The minimum absolute atomic E-state index is 0.0273. The summed E-state index contributed by atoms with van der Waals surface area (Å²) < 4.78 is 38.3. The van der Waals surface area contributed by atoms with Gasteiger partial charge in [0, 0.05) is 24.2 Å². The molecule has 33 heavy (non-hydrogen) atoms. The van der Waals surface area contributed by atoms with Crippen LogP contribution in [0.25, 0.3) is 0 Å². The van der Waals surface area contributed by atoms with E-state index in [9.17, 15) is 13.2 Å². The van der Waals surface area contributed by atoms with Crippen LogP contribution in [-0.2, 0) is 23.2 Å². The molecule has 168 valence electrons. The third kappa shape index (κ3) is 5.82. The Morgan fingerprint density at radius 1 is 0.970 bits per heavy atom. The Morgan fingerprint density at radius 3 is 2.48 bits per heavy atom. The molecule has 4 aromatic rings. The number of sulfonamides is 1. The van der Waals surface area contributed by atoms with Crippen molar-refractivity contribution in [2.45, 2.75) is 18.0 Å². The lowest BCUT2D eigenvalue weighted by atomic mass is 10.2. The highest BCUT2D eigenvalue weighted by molar-refractivity contribution is 7.89. The quantitative estimate of drug-likeness (QED) is 0.389. The third-order valence-corrected chi connectivity index (χ3v) is 6.01. The number of rotatable bonds is 9. The maximum absolute atomic E-state index is 12.7. The summed E-state index contributed by atoms with van der Waals surface area (Å²) in [5.41, 5.74) is 1.19. The van der Waals surface area contributed by atoms with Gasteiger partial charge >= 0.3 is 0 Å². The molecule has 0 aliphatic rings. The first-order valence-electron chi connectivity index (χ1n) is 9.91. The molecule has 3 aromatic heterocycles. The summed E-state index contributed by atoms with van der Waals surface area (Å²) in [6, 6.07) is 16.0. The van der Waals surface area contributed by atoms with Gasteiger partial charge < -0.3 is 14.5 Å². The zero-order valence-electron chi connectivity index (χ0n) is 17.3. The third-order valence-electron chi connectivity index (χ3n) is 4.59. The monoisotopic (exact) mass is 464 g/mol. The molecule has 0 unspecified atom stereocenters. The fraction of sp³-hybridized carbons (Fsp3) is 0.0870. The van der Waals surface area contributed by atoms with Crippen LogP contribution in [0.5, 0.6) is 5.75 Å². The molecular formula is C23H20N4O5S. The first-order valence-corrected chi connectivity index (χ1v) is 11.4. The summed E-state index contributed by atoms with van der Waals surface area (Å²) in [4.78, 5) is 20.9. The lowest BCUT2D eigenvalue weighted by Crippen LogP contribution is -2.23. The van der Waals surface area contributed by atoms with E-state index in [0.717, 1.165) is 5.56 Å². The molecule has 0 bridgehead atoms. The van der Waals surface area contributed by atoms with Crippen molar-refractivity contribution in [3.63, 3.8) is 0 Å². The van der Waals surface area contributed by atoms with E-state index >= 15 is 0 Å². The summed E-state index contributed by atoms with van der Waals surface area (Å²) in [5.74, 6) is 0.708. The van der Waals surface area contributed by atoms with Gasteiger partial charge in [0.15, 0.2) is 11.6 Å². The van der Waals surface area contributed by atoms with Crippen LogP contribution in [0.4, 0.5) is 5.82 Å². The second-order valence-corrected chi connectivity index (χ2v) is 8.64. The Morgan fingerprint density at radius 2 is 1.76 bits per heavy atom. The van der Waals surface area contributed by atoms with Crippen LogP contribution in [0.3, 0.4) is 0 Å². The number of nitrogens with zero attached hydrogens (tertiary/aromatic N) is 2. The molecule has 0 spiro atoms. The van der Waals surface area contributed by atoms with Crippen molar-refractivity contribution in [2.24, 2.45) is 0 Å². The number of ether oxygens (including phenoxy) is 1. The number of pyridine rings is 2. The Bertz CT molecular complexity index is 1310. The van der Waals surface area contributed by atoms with E-state index in [-0.39, 0.29) is 29.4 Å². The van der Waals surface area contributed by atoms with Crippen molar-refractivity contribution < 1.29 is 22.4 Å². The van der Waals surface area contributed by atoms with Crippen molar-refractivity contribution in [2.75, 3.05) is 5.32 Å². The SMILES string of the molecule is O=C(Nc1ncccc1OCc1ccncc1)c1ccc(S(=O)(=O)NCc2ccco2)cc1. The normalized spacial score (nSPS) is 11.2. The highest BCUT2D eigenvalue weighted by atomic mass is 32.2. The summed E-state index contributed by atoms with van der Waals surface area (Å²) in [7, 11) is -3.76. The van der Waals surface area contributed by atoms with Gasteiger partial charge in [0.1, 0.15) is 12.4 Å². The van der Waals surface area contributed by atoms with Crippen LogP contribution in [0, 0.1) is 0 Å². The van der Waals surface area contributed by atoms with Crippen molar-refractivity contribution in [3.8, 4) is 5.75 Å². The molecule has 0 atom stereocenters. The number of benzene rings is 1. The lowest BCUT2D eigenvalue weighted by Gasteiger charge is -2.12. The number of carbonyl (C=O) groups excluding carboxylic acids is 1. The molecule has 0 saturated carbocycles. The van der Waals surface area contributed by atoms with Gasteiger partial charge in [0.05, 0.1) is 17.7 Å². The second-order valence-electron chi connectivity index (χ2n) is 6.88. The number of nitrogens with one attached hydrogen (secondary N) is 2. The minimum Gasteiger partial charge on any atom is -0.485 e. The molecule has 9 nitrogen and oxygen atoms in total. The van der Waals surface area contributed by atoms with Crippen molar-refractivity contribution >= 4 is 21.7 Å². The molecule has 10 heteroatoms. The molecule has 3 heterocycles. The molecule has 2 N–H and O–H groups in total. The van der Waals surface area contributed by atoms with Crippen molar-refractivity contribution in [1.29, 1.82) is 0 Å². The number of hydrogen-bond acceptors (Lipinski definition) is 7. The van der Waals surface area contributed by atoms with Crippen LogP contribution in [0.15, 0.2) is 94.8 Å². The van der Waals surface area contributed by atoms with Crippen LogP contribution in [0.2, 0.25) is 0 Å². The Balaban J connectivity index is 1.41. The van der Waals surface area contributed by atoms with Gasteiger partial charge in [-0.25, -0.2) is 18.1 Å². The molecule has 0 saturated heterocycles. The predicted molar refractivity (Wildman–Crippen MR) is 120 cm³/mol. The van der Waals surface area contributed by atoms with Gasteiger partial charge in [-0.05, 0) is 66.2 Å². The van der Waals surface area contributed by atoms with E-state index in [1.54, 1.807) is 36.7 Å². The Labute approximate surface area is 190 Å². The van der Waals surface area contributed by atoms with E-state index in [2.05, 4.69) is 20.0 Å². The standard InChI is InChI=1S/C23H20N4O5S/c28-23(27-22-21(4-1-11-25-22)32-16-17-9-12-24-13-10-17)18-5-7-20(8-6-18)33(29,30)26-15-19-3-2-14-31-19/h1-14,26H,15-16H2,(H,25,27,28). The van der Waals surface area contributed by atoms with Crippen LogP contribution >= 0.6 is 0 Å². The minimum atomic E-state index is -3.76. The number of carbonyl (C=O) groups is 1. The number of amides is 1. The number of hydrogen-bond donors (Lipinski definition) is 2. The van der Waals surface area contributed by atoms with Gasteiger partial charge in [-0.1, -0.05) is 0 Å². The molecule has 0 aliphatic heterocycles. The average molecular weight is 465 g/mol. The average Bonchev–Trinajstić information content (AvgIpc) is 3.37. The van der Waals surface area contributed by atoms with E-state index in [1.807, 2.05) is 12.1 Å². The Hall–Kier alpha value is -4.02. The largest absolute Gasteiger partial charge is 0.485 e. The summed E-state index contributed by atoms with van der Waals surface area (Å²) in [6.07, 6.45) is 6.34. The van der Waals surface area contributed by atoms with E-state index < -0.39 is 15.9 Å². The second kappa shape index (κ2) is 10.1. The first-order chi connectivity index (χ1) is 16.0. The predicted octanol–water partition coefficient (Wildman–Crippen LogP) is 3.38. The fourth-order valence-electron chi connectivity index (χ4n) is 2.87. The molecule has 1 aromatic carbocycles. The summed E-state index contributed by atoms with van der Waals surface area (Å²) in [6.45, 7) is 0.314. The van der Waals surface area contributed by atoms with Gasteiger partial charge in [0.2, 0.25) is 10.0 Å². The van der Waals surface area contributed by atoms with Crippen LogP contribution in [0.1, 0.15) is 21.7 Å².